The molecule has 1 amide bonds. The Labute approximate surface area is 128 Å². The van der Waals surface area contributed by atoms with Gasteiger partial charge in [-0.25, -0.2) is 4.39 Å². The van der Waals surface area contributed by atoms with Crippen LogP contribution in [0.2, 0.25) is 0 Å². The third kappa shape index (κ3) is 4.79. The van der Waals surface area contributed by atoms with Crippen molar-refractivity contribution >= 4 is 12.0 Å². The molecule has 1 N–H and O–H groups in total. The van der Waals surface area contributed by atoms with E-state index in [-0.39, 0.29) is 24.9 Å². The number of pyridine rings is 1. The molecule has 2 aromatic rings. The maximum absolute atomic E-state index is 12.8. The Morgan fingerprint density at radius 2 is 2.05 bits per heavy atom. The number of aromatic nitrogens is 1. The summed E-state index contributed by atoms with van der Waals surface area (Å²) in [5, 5.41) is 9.10. The first-order valence-electron chi connectivity index (χ1n) is 6.91. The van der Waals surface area contributed by atoms with Crippen molar-refractivity contribution < 1.29 is 14.3 Å². The molecule has 0 unspecified atom stereocenters. The molecule has 1 aromatic heterocycles. The van der Waals surface area contributed by atoms with Crippen LogP contribution in [-0.4, -0.2) is 34.0 Å². The molecule has 0 atom stereocenters. The lowest BCUT2D eigenvalue weighted by Crippen LogP contribution is -2.31. The van der Waals surface area contributed by atoms with Gasteiger partial charge in [0.05, 0.1) is 6.61 Å². The Hall–Kier alpha value is -2.53. The first-order chi connectivity index (χ1) is 10.7. The highest BCUT2D eigenvalue weighted by Gasteiger charge is 2.10. The van der Waals surface area contributed by atoms with Gasteiger partial charge in [0.25, 0.3) is 0 Å². The zero-order valence-corrected chi connectivity index (χ0v) is 12.0. The summed E-state index contributed by atoms with van der Waals surface area (Å²) in [6.45, 7) is 0.499. The summed E-state index contributed by atoms with van der Waals surface area (Å²) in [7, 11) is 0. The van der Waals surface area contributed by atoms with Crippen LogP contribution >= 0.6 is 0 Å². The second kappa shape index (κ2) is 8.05. The minimum atomic E-state index is -0.318. The van der Waals surface area contributed by atoms with Gasteiger partial charge in [-0.05, 0) is 35.4 Å². The predicted octanol–water partition coefficient (Wildman–Crippen LogP) is 2.25. The minimum absolute atomic E-state index is 0.115. The summed E-state index contributed by atoms with van der Waals surface area (Å²) in [5.74, 6) is -0.538. The van der Waals surface area contributed by atoms with E-state index in [0.29, 0.717) is 6.54 Å². The van der Waals surface area contributed by atoms with Crippen LogP contribution in [-0.2, 0) is 11.3 Å². The van der Waals surface area contributed by atoms with Crippen molar-refractivity contribution in [3.63, 3.8) is 0 Å². The van der Waals surface area contributed by atoms with Gasteiger partial charge < -0.3 is 10.0 Å². The van der Waals surface area contributed by atoms with Crippen LogP contribution in [0.15, 0.2) is 54.9 Å². The average Bonchev–Trinajstić information content (AvgIpc) is 2.54. The van der Waals surface area contributed by atoms with Crippen LogP contribution in [0.3, 0.4) is 0 Å². The molecule has 0 bridgehead atoms. The van der Waals surface area contributed by atoms with Crippen LogP contribution in [0, 0.1) is 5.82 Å². The van der Waals surface area contributed by atoms with Crippen molar-refractivity contribution in [2.75, 3.05) is 13.2 Å². The summed E-state index contributed by atoms with van der Waals surface area (Å²) in [6, 6.07) is 9.53. The number of amides is 1. The SMILES string of the molecule is O=C(/C=C/c1ccc(F)cc1)N(CCO)Cc1cccnc1. The standard InChI is InChI=1S/C17H17FN2O2/c18-16-6-3-14(4-7-16)5-8-17(22)20(10-11-21)13-15-2-1-9-19-12-15/h1-9,12,21H,10-11,13H2/b8-5+. The highest BCUT2D eigenvalue weighted by atomic mass is 19.1. The monoisotopic (exact) mass is 300 g/mol. The highest BCUT2D eigenvalue weighted by Crippen LogP contribution is 2.07. The molecule has 0 aliphatic heterocycles. The molecule has 22 heavy (non-hydrogen) atoms. The lowest BCUT2D eigenvalue weighted by molar-refractivity contribution is -0.127. The number of aliphatic hydroxyl groups is 1. The molecule has 0 aliphatic carbocycles. The van der Waals surface area contributed by atoms with Gasteiger partial charge in [0.15, 0.2) is 0 Å². The Morgan fingerprint density at radius 3 is 2.68 bits per heavy atom. The number of nitrogens with zero attached hydrogens (tertiary/aromatic N) is 2. The molecule has 1 heterocycles. The second-order valence-corrected chi connectivity index (χ2v) is 4.73. The molecule has 0 radical (unpaired) electrons. The Balaban J connectivity index is 2.04. The quantitative estimate of drug-likeness (QED) is 0.833. The van der Waals surface area contributed by atoms with Gasteiger partial charge in [0, 0.05) is 31.6 Å². The molecule has 4 nitrogen and oxygen atoms in total. The van der Waals surface area contributed by atoms with Crippen molar-refractivity contribution in [1.82, 2.24) is 9.88 Å². The lowest BCUT2D eigenvalue weighted by Gasteiger charge is -2.20. The lowest BCUT2D eigenvalue weighted by atomic mass is 10.2. The van der Waals surface area contributed by atoms with E-state index in [0.717, 1.165) is 11.1 Å². The van der Waals surface area contributed by atoms with Gasteiger partial charge in [-0.2, -0.15) is 0 Å². The van der Waals surface area contributed by atoms with Gasteiger partial charge in [0.2, 0.25) is 5.91 Å². The second-order valence-electron chi connectivity index (χ2n) is 4.73. The van der Waals surface area contributed by atoms with Crippen molar-refractivity contribution in [3.05, 3.63) is 71.8 Å². The first kappa shape index (κ1) is 15.9. The molecule has 0 spiro atoms. The number of aliphatic hydroxyl groups excluding tert-OH is 1. The molecule has 0 saturated carbocycles. The van der Waals surface area contributed by atoms with E-state index in [1.807, 2.05) is 6.07 Å². The van der Waals surface area contributed by atoms with Crippen molar-refractivity contribution in [2.24, 2.45) is 0 Å². The number of halogens is 1. The van der Waals surface area contributed by atoms with E-state index < -0.39 is 0 Å². The third-order valence-electron chi connectivity index (χ3n) is 3.07. The fraction of sp³-hybridized carbons (Fsp3) is 0.176. The van der Waals surface area contributed by atoms with Crippen LogP contribution in [0.5, 0.6) is 0 Å². The molecule has 1 aromatic carbocycles. The minimum Gasteiger partial charge on any atom is -0.395 e. The summed E-state index contributed by atoms with van der Waals surface area (Å²) >= 11 is 0. The van der Waals surface area contributed by atoms with Crippen LogP contribution < -0.4 is 0 Å². The number of carbonyl (C=O) groups is 1. The Bertz CT molecular complexity index is 627. The molecule has 0 saturated heterocycles. The summed E-state index contributed by atoms with van der Waals surface area (Å²) in [4.78, 5) is 17.7. The van der Waals surface area contributed by atoms with Crippen LogP contribution in [0.4, 0.5) is 4.39 Å². The van der Waals surface area contributed by atoms with E-state index in [2.05, 4.69) is 4.98 Å². The van der Waals surface area contributed by atoms with Gasteiger partial charge in [-0.3, -0.25) is 9.78 Å². The Morgan fingerprint density at radius 1 is 1.27 bits per heavy atom. The zero-order valence-electron chi connectivity index (χ0n) is 12.0. The van der Waals surface area contributed by atoms with Gasteiger partial charge in [0.1, 0.15) is 5.82 Å². The fourth-order valence-corrected chi connectivity index (χ4v) is 1.95. The van der Waals surface area contributed by atoms with Crippen LogP contribution in [0.1, 0.15) is 11.1 Å². The van der Waals surface area contributed by atoms with E-state index in [9.17, 15) is 9.18 Å². The number of rotatable bonds is 6. The highest BCUT2D eigenvalue weighted by molar-refractivity contribution is 5.91. The maximum atomic E-state index is 12.8. The van der Waals surface area contributed by atoms with Gasteiger partial charge >= 0.3 is 0 Å². The molecule has 2 rings (SSSR count). The number of carbonyl (C=O) groups excluding carboxylic acids is 1. The molecule has 0 fully saturated rings. The van der Waals surface area contributed by atoms with E-state index in [1.54, 1.807) is 36.7 Å². The molecular formula is C17H17FN2O2. The third-order valence-corrected chi connectivity index (χ3v) is 3.07. The normalized spacial score (nSPS) is 10.8. The summed E-state index contributed by atoms with van der Waals surface area (Å²) < 4.78 is 12.8. The smallest absolute Gasteiger partial charge is 0.246 e. The van der Waals surface area contributed by atoms with Gasteiger partial charge in [-0.1, -0.05) is 18.2 Å². The summed E-state index contributed by atoms with van der Waals surface area (Å²) in [5.41, 5.74) is 1.62. The molecule has 5 heteroatoms. The van der Waals surface area contributed by atoms with Crippen molar-refractivity contribution in [2.45, 2.75) is 6.54 Å². The number of hydrogen-bond donors (Lipinski definition) is 1. The maximum Gasteiger partial charge on any atom is 0.246 e. The van der Waals surface area contributed by atoms with Crippen molar-refractivity contribution in [3.8, 4) is 0 Å². The van der Waals surface area contributed by atoms with Gasteiger partial charge in [-0.15, -0.1) is 0 Å². The fourth-order valence-electron chi connectivity index (χ4n) is 1.95. The number of hydrogen-bond acceptors (Lipinski definition) is 3. The van der Waals surface area contributed by atoms with Crippen LogP contribution in [0.25, 0.3) is 6.08 Å². The average molecular weight is 300 g/mol. The largest absolute Gasteiger partial charge is 0.395 e. The Kier molecular flexibility index (Phi) is 5.80. The molecule has 0 aliphatic rings. The van der Waals surface area contributed by atoms with E-state index >= 15 is 0 Å². The topological polar surface area (TPSA) is 53.4 Å². The first-order valence-corrected chi connectivity index (χ1v) is 6.91. The number of benzene rings is 1. The summed E-state index contributed by atoms with van der Waals surface area (Å²) in [6.07, 6.45) is 6.38. The molecule has 114 valence electrons. The van der Waals surface area contributed by atoms with E-state index in [4.69, 9.17) is 5.11 Å². The zero-order chi connectivity index (χ0) is 15.8. The predicted molar refractivity (Wildman–Crippen MR) is 82.2 cm³/mol. The van der Waals surface area contributed by atoms with Crippen molar-refractivity contribution in [1.29, 1.82) is 0 Å². The van der Waals surface area contributed by atoms with E-state index in [1.165, 1.54) is 23.1 Å². The molecular weight excluding hydrogens is 283 g/mol.